The maximum Gasteiger partial charge on any atom is 0.109 e. The average Bonchev–Trinajstić information content (AvgIpc) is 2.37. The summed E-state index contributed by atoms with van der Waals surface area (Å²) in [5.74, 6) is 2.71. The molecule has 1 aromatic heterocycles. The summed E-state index contributed by atoms with van der Waals surface area (Å²) >= 11 is 3.42. The molecule has 1 aliphatic heterocycles. The SMILES string of the molecule is C#CCN1CCC(Nc2cnc(Br)c(C)c2)CC1. The molecule has 2 rings (SSSR count). The summed E-state index contributed by atoms with van der Waals surface area (Å²) < 4.78 is 0.914. The number of aryl methyl sites for hydroxylation is 1. The lowest BCUT2D eigenvalue weighted by Gasteiger charge is -2.31. The molecular weight excluding hydrogens is 290 g/mol. The third kappa shape index (κ3) is 3.47. The number of aromatic nitrogens is 1. The fourth-order valence-electron chi connectivity index (χ4n) is 2.24. The molecular formula is C14H18BrN3. The Morgan fingerprint density at radius 1 is 1.56 bits per heavy atom. The molecule has 1 aromatic rings. The van der Waals surface area contributed by atoms with Crippen LogP contribution in [-0.2, 0) is 0 Å². The van der Waals surface area contributed by atoms with Gasteiger partial charge in [-0.1, -0.05) is 5.92 Å². The van der Waals surface area contributed by atoms with Crippen molar-refractivity contribution in [2.45, 2.75) is 25.8 Å². The van der Waals surface area contributed by atoms with Gasteiger partial charge in [0.15, 0.2) is 0 Å². The molecule has 0 bridgehead atoms. The molecule has 2 heterocycles. The van der Waals surface area contributed by atoms with Gasteiger partial charge in [-0.3, -0.25) is 4.90 Å². The molecule has 1 N–H and O–H groups in total. The molecule has 0 amide bonds. The molecule has 1 fully saturated rings. The number of hydrogen-bond donors (Lipinski definition) is 1. The third-order valence-electron chi connectivity index (χ3n) is 3.29. The number of halogens is 1. The standard InChI is InChI=1S/C14H18BrN3/c1-3-6-18-7-4-12(5-8-18)17-13-9-11(2)14(15)16-10-13/h1,9-10,12,17H,4-8H2,2H3. The van der Waals surface area contributed by atoms with Gasteiger partial charge in [0.1, 0.15) is 4.60 Å². The van der Waals surface area contributed by atoms with Gasteiger partial charge in [-0.15, -0.1) is 6.42 Å². The fraction of sp³-hybridized carbons (Fsp3) is 0.500. The van der Waals surface area contributed by atoms with Crippen molar-refractivity contribution in [3.8, 4) is 12.3 Å². The van der Waals surface area contributed by atoms with Crippen molar-refractivity contribution in [1.82, 2.24) is 9.88 Å². The number of terminal acetylenes is 1. The van der Waals surface area contributed by atoms with E-state index in [1.807, 2.05) is 6.20 Å². The monoisotopic (exact) mass is 307 g/mol. The van der Waals surface area contributed by atoms with Crippen LogP contribution in [0.3, 0.4) is 0 Å². The minimum Gasteiger partial charge on any atom is -0.381 e. The second-order valence-electron chi connectivity index (χ2n) is 4.73. The van der Waals surface area contributed by atoms with Gasteiger partial charge in [0.2, 0.25) is 0 Å². The van der Waals surface area contributed by atoms with Crippen molar-refractivity contribution in [3.05, 3.63) is 22.4 Å². The van der Waals surface area contributed by atoms with Gasteiger partial charge in [0, 0.05) is 19.1 Å². The number of anilines is 1. The summed E-state index contributed by atoms with van der Waals surface area (Å²) in [6.07, 6.45) is 9.48. The first-order chi connectivity index (χ1) is 8.69. The molecule has 1 saturated heterocycles. The lowest BCUT2D eigenvalue weighted by molar-refractivity contribution is 0.243. The molecule has 0 radical (unpaired) electrons. The van der Waals surface area contributed by atoms with E-state index in [4.69, 9.17) is 6.42 Å². The molecule has 0 aliphatic carbocycles. The average molecular weight is 308 g/mol. The maximum absolute atomic E-state index is 5.33. The van der Waals surface area contributed by atoms with Crippen molar-refractivity contribution < 1.29 is 0 Å². The van der Waals surface area contributed by atoms with Gasteiger partial charge < -0.3 is 5.32 Å². The predicted molar refractivity (Wildman–Crippen MR) is 78.6 cm³/mol. The van der Waals surface area contributed by atoms with Crippen LogP contribution in [-0.4, -0.2) is 35.6 Å². The van der Waals surface area contributed by atoms with E-state index in [0.29, 0.717) is 6.04 Å². The highest BCUT2D eigenvalue weighted by Crippen LogP contribution is 2.20. The van der Waals surface area contributed by atoms with E-state index in [9.17, 15) is 0 Å². The van der Waals surface area contributed by atoms with Crippen LogP contribution in [0.5, 0.6) is 0 Å². The Labute approximate surface area is 117 Å². The number of pyridine rings is 1. The summed E-state index contributed by atoms with van der Waals surface area (Å²) in [6, 6.07) is 2.66. The summed E-state index contributed by atoms with van der Waals surface area (Å²) in [6.45, 7) is 4.97. The van der Waals surface area contributed by atoms with Crippen LogP contribution in [0.25, 0.3) is 0 Å². The van der Waals surface area contributed by atoms with E-state index in [-0.39, 0.29) is 0 Å². The first-order valence-corrected chi connectivity index (χ1v) is 7.03. The number of hydrogen-bond acceptors (Lipinski definition) is 3. The van der Waals surface area contributed by atoms with Crippen LogP contribution >= 0.6 is 15.9 Å². The Kier molecular flexibility index (Phi) is 4.62. The molecule has 0 atom stereocenters. The van der Waals surface area contributed by atoms with Gasteiger partial charge in [0.05, 0.1) is 18.4 Å². The largest absolute Gasteiger partial charge is 0.381 e. The Morgan fingerprint density at radius 2 is 2.28 bits per heavy atom. The van der Waals surface area contributed by atoms with Crippen LogP contribution in [0.1, 0.15) is 18.4 Å². The molecule has 0 saturated carbocycles. The minimum absolute atomic E-state index is 0.529. The van der Waals surface area contributed by atoms with Crippen molar-refractivity contribution in [2.24, 2.45) is 0 Å². The first kappa shape index (κ1) is 13.4. The third-order valence-corrected chi connectivity index (χ3v) is 4.12. The van der Waals surface area contributed by atoms with Crippen molar-refractivity contribution in [3.63, 3.8) is 0 Å². The highest BCUT2D eigenvalue weighted by molar-refractivity contribution is 9.10. The molecule has 0 spiro atoms. The highest BCUT2D eigenvalue weighted by Gasteiger charge is 2.18. The summed E-state index contributed by atoms with van der Waals surface area (Å²) in [7, 11) is 0. The van der Waals surface area contributed by atoms with Crippen LogP contribution in [0, 0.1) is 19.3 Å². The number of nitrogens with zero attached hydrogens (tertiary/aromatic N) is 2. The van der Waals surface area contributed by atoms with Gasteiger partial charge >= 0.3 is 0 Å². The molecule has 4 heteroatoms. The normalized spacial score (nSPS) is 17.4. The minimum atomic E-state index is 0.529. The maximum atomic E-state index is 5.33. The Morgan fingerprint density at radius 3 is 2.89 bits per heavy atom. The molecule has 18 heavy (non-hydrogen) atoms. The smallest absolute Gasteiger partial charge is 0.109 e. The van der Waals surface area contributed by atoms with E-state index in [2.05, 4.69) is 50.0 Å². The number of piperidine rings is 1. The van der Waals surface area contributed by atoms with Gasteiger partial charge in [-0.25, -0.2) is 4.98 Å². The van der Waals surface area contributed by atoms with Crippen LogP contribution < -0.4 is 5.32 Å². The zero-order chi connectivity index (χ0) is 13.0. The highest BCUT2D eigenvalue weighted by atomic mass is 79.9. The van der Waals surface area contributed by atoms with E-state index < -0.39 is 0 Å². The Balaban J connectivity index is 1.88. The zero-order valence-corrected chi connectivity index (χ0v) is 12.2. The summed E-state index contributed by atoms with van der Waals surface area (Å²) in [5.41, 5.74) is 2.26. The number of rotatable bonds is 3. The second-order valence-corrected chi connectivity index (χ2v) is 5.48. The zero-order valence-electron chi connectivity index (χ0n) is 10.6. The molecule has 1 aliphatic rings. The first-order valence-electron chi connectivity index (χ1n) is 6.23. The summed E-state index contributed by atoms with van der Waals surface area (Å²) in [5, 5.41) is 3.55. The van der Waals surface area contributed by atoms with Gasteiger partial charge in [-0.2, -0.15) is 0 Å². The Hall–Kier alpha value is -1.05. The van der Waals surface area contributed by atoms with Crippen molar-refractivity contribution >= 4 is 21.6 Å². The topological polar surface area (TPSA) is 28.2 Å². The van der Waals surface area contributed by atoms with E-state index in [1.54, 1.807) is 0 Å². The molecule has 0 aromatic carbocycles. The lowest BCUT2D eigenvalue weighted by atomic mass is 10.0. The van der Waals surface area contributed by atoms with Crippen molar-refractivity contribution in [1.29, 1.82) is 0 Å². The molecule has 3 nitrogen and oxygen atoms in total. The second kappa shape index (κ2) is 6.21. The van der Waals surface area contributed by atoms with Gasteiger partial charge in [0.25, 0.3) is 0 Å². The molecule has 0 unspecified atom stereocenters. The lowest BCUT2D eigenvalue weighted by Crippen LogP contribution is -2.39. The van der Waals surface area contributed by atoms with E-state index in [0.717, 1.165) is 48.3 Å². The quantitative estimate of drug-likeness (QED) is 0.687. The van der Waals surface area contributed by atoms with Gasteiger partial charge in [-0.05, 0) is 47.3 Å². The van der Waals surface area contributed by atoms with E-state index >= 15 is 0 Å². The summed E-state index contributed by atoms with van der Waals surface area (Å²) in [4.78, 5) is 6.63. The van der Waals surface area contributed by atoms with E-state index in [1.165, 1.54) is 0 Å². The fourth-order valence-corrected chi connectivity index (χ4v) is 2.45. The van der Waals surface area contributed by atoms with Crippen molar-refractivity contribution in [2.75, 3.05) is 25.0 Å². The number of likely N-dealkylation sites (tertiary alicyclic amines) is 1. The molecule has 96 valence electrons. The van der Waals surface area contributed by atoms with Crippen LogP contribution in [0.4, 0.5) is 5.69 Å². The van der Waals surface area contributed by atoms with Crippen LogP contribution in [0.15, 0.2) is 16.9 Å². The predicted octanol–water partition coefficient (Wildman–Crippen LogP) is 2.66. The Bertz CT molecular complexity index is 445. The number of nitrogens with one attached hydrogen (secondary N) is 1. The van der Waals surface area contributed by atoms with Crippen LogP contribution in [0.2, 0.25) is 0 Å².